The van der Waals surface area contributed by atoms with Gasteiger partial charge in [0.1, 0.15) is 5.75 Å². The highest BCUT2D eigenvalue weighted by Crippen LogP contribution is 2.40. The summed E-state index contributed by atoms with van der Waals surface area (Å²) in [6, 6.07) is 7.62. The van der Waals surface area contributed by atoms with E-state index in [9.17, 15) is 9.59 Å². The first-order valence-corrected chi connectivity index (χ1v) is 10.1. The lowest BCUT2D eigenvalue weighted by Crippen LogP contribution is -2.40. The number of nitrogens with one attached hydrogen (secondary N) is 1. The van der Waals surface area contributed by atoms with Gasteiger partial charge < -0.3 is 19.9 Å². The minimum atomic E-state index is -0.305. The van der Waals surface area contributed by atoms with Crippen LogP contribution in [-0.4, -0.2) is 61.4 Å². The summed E-state index contributed by atoms with van der Waals surface area (Å²) in [6.07, 6.45) is 3.24. The molecule has 2 atom stereocenters. The number of rotatable bonds is 6. The third-order valence-electron chi connectivity index (χ3n) is 5.61. The number of amides is 2. The molecule has 0 radical (unpaired) electrons. The summed E-state index contributed by atoms with van der Waals surface area (Å²) in [6.45, 7) is 6.07. The van der Waals surface area contributed by atoms with Crippen LogP contribution in [0.5, 0.6) is 5.75 Å². The maximum absolute atomic E-state index is 13.3. The molecule has 0 saturated carbocycles. The van der Waals surface area contributed by atoms with Crippen molar-refractivity contribution in [2.75, 3.05) is 39.8 Å². The largest absolute Gasteiger partial charge is 0.497 e. The quantitative estimate of drug-likeness (QED) is 0.784. The first-order valence-electron chi connectivity index (χ1n) is 10.1. The van der Waals surface area contributed by atoms with Crippen molar-refractivity contribution in [1.29, 1.82) is 0 Å². The molecule has 2 unspecified atom stereocenters. The Morgan fingerprint density at radius 1 is 1.21 bits per heavy atom. The highest BCUT2D eigenvalue weighted by Gasteiger charge is 2.45. The third-order valence-corrected chi connectivity index (χ3v) is 5.61. The van der Waals surface area contributed by atoms with Gasteiger partial charge >= 0.3 is 0 Å². The Morgan fingerprint density at radius 2 is 1.96 bits per heavy atom. The molecule has 2 saturated heterocycles. The predicted molar refractivity (Wildman–Crippen MR) is 112 cm³/mol. The standard InChI is InChI=1S/C21H31N3O3.ClH/c1-3-4-13-24-19(25)15-18(21(26)23-12-5-10-22-11-14-23)20(24)16-6-8-17(27-2)9-7-16;/h6-9,18,20,22H,3-5,10-15H2,1-2H3;1H. The minimum absolute atomic E-state index is 0. The molecule has 0 aliphatic carbocycles. The molecule has 1 aromatic rings. The fourth-order valence-electron chi connectivity index (χ4n) is 4.12. The number of benzene rings is 1. The minimum Gasteiger partial charge on any atom is -0.497 e. The Labute approximate surface area is 174 Å². The number of hydrogen-bond acceptors (Lipinski definition) is 4. The van der Waals surface area contributed by atoms with E-state index in [4.69, 9.17) is 4.74 Å². The van der Waals surface area contributed by atoms with Crippen LogP contribution in [0.25, 0.3) is 0 Å². The average Bonchev–Trinajstić information content (AvgIpc) is 2.87. The fourth-order valence-corrected chi connectivity index (χ4v) is 4.12. The fraction of sp³-hybridized carbons (Fsp3) is 0.619. The van der Waals surface area contributed by atoms with Crippen LogP contribution in [-0.2, 0) is 9.59 Å². The van der Waals surface area contributed by atoms with Gasteiger partial charge in [0, 0.05) is 32.6 Å². The Bertz CT molecular complexity index is 645. The molecule has 3 rings (SSSR count). The van der Waals surface area contributed by atoms with Crippen molar-refractivity contribution in [3.05, 3.63) is 29.8 Å². The number of ether oxygens (including phenoxy) is 1. The number of carbonyl (C=O) groups excluding carboxylic acids is 2. The zero-order valence-corrected chi connectivity index (χ0v) is 17.7. The Kier molecular flexibility index (Phi) is 8.58. The van der Waals surface area contributed by atoms with Crippen molar-refractivity contribution in [2.45, 2.75) is 38.6 Å². The summed E-state index contributed by atoms with van der Waals surface area (Å²) in [7, 11) is 1.64. The van der Waals surface area contributed by atoms with Crippen LogP contribution < -0.4 is 10.1 Å². The summed E-state index contributed by atoms with van der Waals surface area (Å²) in [5.41, 5.74) is 1.02. The molecule has 2 aliphatic heterocycles. The first kappa shape index (κ1) is 22.5. The van der Waals surface area contributed by atoms with Crippen molar-refractivity contribution < 1.29 is 14.3 Å². The molecular weight excluding hydrogens is 378 g/mol. The van der Waals surface area contributed by atoms with Gasteiger partial charge in [0.2, 0.25) is 11.8 Å². The predicted octanol–water partition coefficient (Wildman–Crippen LogP) is 2.63. The van der Waals surface area contributed by atoms with E-state index >= 15 is 0 Å². The molecule has 2 aliphatic rings. The average molecular weight is 410 g/mol. The Balaban J connectivity index is 0.00000280. The van der Waals surface area contributed by atoms with Crippen LogP contribution in [0.15, 0.2) is 24.3 Å². The van der Waals surface area contributed by atoms with Gasteiger partial charge in [0.25, 0.3) is 0 Å². The third kappa shape index (κ3) is 4.97. The highest BCUT2D eigenvalue weighted by molar-refractivity contribution is 5.90. The van der Waals surface area contributed by atoms with Gasteiger partial charge in [0.05, 0.1) is 19.1 Å². The maximum Gasteiger partial charge on any atom is 0.228 e. The molecule has 2 heterocycles. The highest BCUT2D eigenvalue weighted by atomic mass is 35.5. The molecule has 7 heteroatoms. The number of unbranched alkanes of at least 4 members (excludes halogenated alkanes) is 1. The number of carbonyl (C=O) groups is 2. The van der Waals surface area contributed by atoms with Crippen molar-refractivity contribution in [3.8, 4) is 5.75 Å². The number of methoxy groups -OCH3 is 1. The molecule has 0 spiro atoms. The van der Waals surface area contributed by atoms with Crippen LogP contribution in [0.2, 0.25) is 0 Å². The Hall–Kier alpha value is -1.79. The van der Waals surface area contributed by atoms with Crippen LogP contribution in [0, 0.1) is 5.92 Å². The van der Waals surface area contributed by atoms with Gasteiger partial charge in [-0.15, -0.1) is 12.4 Å². The van der Waals surface area contributed by atoms with Gasteiger partial charge in [-0.05, 0) is 37.1 Å². The number of hydrogen-bond donors (Lipinski definition) is 1. The lowest BCUT2D eigenvalue weighted by molar-refractivity contribution is -0.136. The lowest BCUT2D eigenvalue weighted by Gasteiger charge is -2.31. The van der Waals surface area contributed by atoms with E-state index in [-0.39, 0.29) is 36.2 Å². The molecule has 2 fully saturated rings. The lowest BCUT2D eigenvalue weighted by atomic mass is 9.92. The molecule has 2 amide bonds. The molecule has 0 bridgehead atoms. The normalized spacial score (nSPS) is 22.6. The summed E-state index contributed by atoms with van der Waals surface area (Å²) in [5, 5.41) is 3.34. The number of likely N-dealkylation sites (tertiary alicyclic amines) is 1. The molecule has 1 aromatic carbocycles. The topological polar surface area (TPSA) is 61.9 Å². The van der Waals surface area contributed by atoms with E-state index in [1.54, 1.807) is 7.11 Å². The molecular formula is C21H32ClN3O3. The number of halogens is 1. The van der Waals surface area contributed by atoms with Crippen LogP contribution in [0.1, 0.15) is 44.2 Å². The van der Waals surface area contributed by atoms with Gasteiger partial charge in [-0.25, -0.2) is 0 Å². The van der Waals surface area contributed by atoms with E-state index < -0.39 is 0 Å². The molecule has 6 nitrogen and oxygen atoms in total. The van der Waals surface area contributed by atoms with E-state index in [1.165, 1.54) is 0 Å². The summed E-state index contributed by atoms with van der Waals surface area (Å²) in [4.78, 5) is 30.0. The zero-order chi connectivity index (χ0) is 19.2. The van der Waals surface area contributed by atoms with Gasteiger partial charge in [0.15, 0.2) is 0 Å². The second kappa shape index (κ2) is 10.7. The summed E-state index contributed by atoms with van der Waals surface area (Å²) in [5.74, 6) is 0.688. The van der Waals surface area contributed by atoms with Crippen LogP contribution in [0.3, 0.4) is 0 Å². The second-order valence-corrected chi connectivity index (χ2v) is 7.40. The monoisotopic (exact) mass is 409 g/mol. The smallest absolute Gasteiger partial charge is 0.228 e. The second-order valence-electron chi connectivity index (χ2n) is 7.40. The van der Waals surface area contributed by atoms with E-state index in [0.717, 1.165) is 50.2 Å². The number of nitrogens with zero attached hydrogens (tertiary/aromatic N) is 2. The SMILES string of the molecule is CCCCN1C(=O)CC(C(=O)N2CCCNCC2)C1c1ccc(OC)cc1.Cl. The maximum atomic E-state index is 13.3. The van der Waals surface area contributed by atoms with Gasteiger partial charge in [-0.3, -0.25) is 9.59 Å². The zero-order valence-electron chi connectivity index (χ0n) is 16.9. The first-order chi connectivity index (χ1) is 13.2. The molecule has 1 N–H and O–H groups in total. The summed E-state index contributed by atoms with van der Waals surface area (Å²) < 4.78 is 5.27. The van der Waals surface area contributed by atoms with Crippen molar-refractivity contribution in [3.63, 3.8) is 0 Å². The van der Waals surface area contributed by atoms with Crippen molar-refractivity contribution >= 4 is 24.2 Å². The Morgan fingerprint density at radius 3 is 2.64 bits per heavy atom. The molecule has 0 aromatic heterocycles. The van der Waals surface area contributed by atoms with Crippen LogP contribution in [0.4, 0.5) is 0 Å². The summed E-state index contributed by atoms with van der Waals surface area (Å²) >= 11 is 0. The van der Waals surface area contributed by atoms with Gasteiger partial charge in [-0.2, -0.15) is 0 Å². The molecule has 28 heavy (non-hydrogen) atoms. The van der Waals surface area contributed by atoms with Crippen molar-refractivity contribution in [1.82, 2.24) is 15.1 Å². The molecule has 156 valence electrons. The van der Waals surface area contributed by atoms with Crippen molar-refractivity contribution in [2.24, 2.45) is 5.92 Å². The van der Waals surface area contributed by atoms with E-state index in [2.05, 4.69) is 12.2 Å². The van der Waals surface area contributed by atoms with E-state index in [1.807, 2.05) is 34.1 Å². The van der Waals surface area contributed by atoms with Crippen LogP contribution >= 0.6 is 12.4 Å². The van der Waals surface area contributed by atoms with E-state index in [0.29, 0.717) is 19.5 Å². The van der Waals surface area contributed by atoms with Gasteiger partial charge in [-0.1, -0.05) is 25.5 Å².